The summed E-state index contributed by atoms with van der Waals surface area (Å²) < 4.78 is 46.8. The van der Waals surface area contributed by atoms with Gasteiger partial charge in [0.25, 0.3) is 0 Å². The fourth-order valence-electron chi connectivity index (χ4n) is 3.20. The van der Waals surface area contributed by atoms with E-state index in [-0.39, 0.29) is 29.7 Å². The van der Waals surface area contributed by atoms with Gasteiger partial charge in [0.2, 0.25) is 0 Å². The molecule has 0 N–H and O–H groups in total. The first-order chi connectivity index (χ1) is 13.9. The minimum Gasteiger partial charge on any atom is -0.455 e. The van der Waals surface area contributed by atoms with Crippen LogP contribution < -0.4 is 0 Å². The van der Waals surface area contributed by atoms with Crippen LogP contribution in [0.25, 0.3) is 43.8 Å². The summed E-state index contributed by atoms with van der Waals surface area (Å²) in [4.78, 5) is 0. The van der Waals surface area contributed by atoms with E-state index in [1.807, 2.05) is 42.5 Å². The maximum absolute atomic E-state index is 8.40. The monoisotopic (exact) mass is 333 g/mol. The van der Waals surface area contributed by atoms with Gasteiger partial charge in [-0.2, -0.15) is 0 Å². The van der Waals surface area contributed by atoms with Gasteiger partial charge >= 0.3 is 0 Å². The van der Waals surface area contributed by atoms with Crippen molar-refractivity contribution in [1.29, 1.82) is 0 Å². The Morgan fingerprint density at radius 2 is 1.62 bits per heavy atom. The lowest BCUT2D eigenvalue weighted by Gasteiger charge is -2.08. The molecule has 0 aliphatic rings. The van der Waals surface area contributed by atoms with E-state index in [4.69, 9.17) is 22.9 Å². The van der Waals surface area contributed by atoms with Gasteiger partial charge in [0.05, 0.1) is 11.9 Å². The van der Waals surface area contributed by atoms with E-state index in [0.717, 1.165) is 21.5 Å². The molecule has 5 aromatic rings. The second kappa shape index (κ2) is 5.12. The minimum atomic E-state index is -0.411. The van der Waals surface area contributed by atoms with Crippen molar-refractivity contribution in [2.24, 2.45) is 0 Å². The first-order valence-corrected chi connectivity index (χ1v) is 7.87. The largest absolute Gasteiger partial charge is 0.455 e. The summed E-state index contributed by atoms with van der Waals surface area (Å²) in [6.45, 7) is 0. The second-order valence-corrected chi connectivity index (χ2v) is 5.97. The van der Waals surface area contributed by atoms with Gasteiger partial charge in [-0.1, -0.05) is 72.1 Å². The Kier molecular flexibility index (Phi) is 2.03. The summed E-state index contributed by atoms with van der Waals surface area (Å²) in [5, 5.41) is 3.55. The van der Waals surface area contributed by atoms with E-state index in [1.165, 1.54) is 0 Å². The van der Waals surface area contributed by atoms with Crippen molar-refractivity contribution in [2.45, 2.75) is 0 Å². The SMILES string of the molecule is [2H]c1c([2H])c([2H])c(-c2cc3c(oc4cccc(Cl)c43)c3ccccc23)c([2H])c1[2H]. The van der Waals surface area contributed by atoms with Gasteiger partial charge in [0.1, 0.15) is 11.2 Å². The number of fused-ring (bicyclic) bond motifs is 5. The molecule has 0 radical (unpaired) electrons. The summed E-state index contributed by atoms with van der Waals surface area (Å²) in [6, 6.07) is 13.1. The highest BCUT2D eigenvalue weighted by atomic mass is 35.5. The van der Waals surface area contributed by atoms with E-state index < -0.39 is 6.04 Å². The van der Waals surface area contributed by atoms with Crippen molar-refractivity contribution in [2.75, 3.05) is 0 Å². The van der Waals surface area contributed by atoms with Crippen molar-refractivity contribution < 1.29 is 11.3 Å². The van der Waals surface area contributed by atoms with E-state index >= 15 is 0 Å². The highest BCUT2D eigenvalue weighted by molar-refractivity contribution is 6.38. The molecule has 0 amide bonds. The fraction of sp³-hybridized carbons (Fsp3) is 0. The number of benzene rings is 4. The van der Waals surface area contributed by atoms with Crippen LogP contribution in [-0.2, 0) is 0 Å². The Morgan fingerprint density at radius 1 is 0.833 bits per heavy atom. The molecule has 0 fully saturated rings. The molecule has 0 unspecified atom stereocenters. The van der Waals surface area contributed by atoms with Gasteiger partial charge in [0, 0.05) is 16.2 Å². The molecule has 0 aliphatic heterocycles. The Bertz CT molecular complexity index is 1440. The van der Waals surface area contributed by atoms with Crippen molar-refractivity contribution in [3.05, 3.63) is 83.8 Å². The number of rotatable bonds is 1. The summed E-state index contributed by atoms with van der Waals surface area (Å²) in [6.07, 6.45) is 0. The van der Waals surface area contributed by atoms with Crippen LogP contribution in [0.15, 0.2) is 83.2 Å². The molecule has 1 nitrogen and oxygen atoms in total. The second-order valence-electron chi connectivity index (χ2n) is 5.56. The third kappa shape index (κ3) is 1.88. The van der Waals surface area contributed by atoms with Crippen LogP contribution in [0.1, 0.15) is 6.85 Å². The molecular weight excluding hydrogens is 316 g/mol. The molecule has 114 valence electrons. The third-order valence-corrected chi connectivity index (χ3v) is 4.54. The van der Waals surface area contributed by atoms with E-state index in [2.05, 4.69) is 0 Å². The van der Waals surface area contributed by atoms with Gasteiger partial charge in [0.15, 0.2) is 0 Å². The first kappa shape index (κ1) is 9.51. The van der Waals surface area contributed by atoms with E-state index in [9.17, 15) is 0 Å². The Morgan fingerprint density at radius 3 is 2.46 bits per heavy atom. The van der Waals surface area contributed by atoms with E-state index in [1.54, 1.807) is 6.07 Å². The van der Waals surface area contributed by atoms with Gasteiger partial charge in [-0.25, -0.2) is 0 Å². The molecule has 4 aromatic carbocycles. The summed E-state index contributed by atoms with van der Waals surface area (Å²) >= 11 is 6.44. The smallest absolute Gasteiger partial charge is 0.143 e. The maximum Gasteiger partial charge on any atom is 0.143 e. The predicted molar refractivity (Wildman–Crippen MR) is 102 cm³/mol. The summed E-state index contributed by atoms with van der Waals surface area (Å²) in [5.74, 6) is 0. The molecule has 0 aliphatic carbocycles. The molecule has 1 heterocycles. The summed E-state index contributed by atoms with van der Waals surface area (Å²) in [5.41, 5.74) is 2.00. The number of halogens is 1. The maximum atomic E-state index is 8.40. The highest BCUT2D eigenvalue weighted by Gasteiger charge is 2.15. The van der Waals surface area contributed by atoms with Gasteiger partial charge in [-0.15, -0.1) is 0 Å². The predicted octanol–water partition coefficient (Wildman–Crippen LogP) is 7.06. The topological polar surface area (TPSA) is 13.1 Å². The lowest BCUT2D eigenvalue weighted by molar-refractivity contribution is 0.672. The Balaban J connectivity index is 2.04. The average Bonchev–Trinajstić information content (AvgIpc) is 3.11. The van der Waals surface area contributed by atoms with Crippen LogP contribution in [0.4, 0.5) is 0 Å². The molecule has 5 rings (SSSR count). The first-order valence-electron chi connectivity index (χ1n) is 10.00. The number of hydrogen-bond acceptors (Lipinski definition) is 1. The van der Waals surface area contributed by atoms with Crippen molar-refractivity contribution in [1.82, 2.24) is 0 Å². The lowest BCUT2D eigenvalue weighted by Crippen LogP contribution is -1.82. The zero-order valence-corrected chi connectivity index (χ0v) is 13.2. The van der Waals surface area contributed by atoms with Gasteiger partial charge < -0.3 is 4.42 Å². The van der Waals surface area contributed by atoms with Crippen molar-refractivity contribution >= 4 is 44.3 Å². The molecule has 0 saturated carbocycles. The fourth-order valence-corrected chi connectivity index (χ4v) is 3.46. The molecule has 2 heteroatoms. The number of furan rings is 1. The average molecular weight is 334 g/mol. The van der Waals surface area contributed by atoms with E-state index in [0.29, 0.717) is 21.8 Å². The van der Waals surface area contributed by atoms with Gasteiger partial charge in [-0.3, -0.25) is 0 Å². The molecule has 24 heavy (non-hydrogen) atoms. The van der Waals surface area contributed by atoms with Crippen LogP contribution >= 0.6 is 11.6 Å². The standard InChI is InChI=1S/C22H13ClO/c23-19-11-6-12-20-21(19)18-13-17(14-7-2-1-3-8-14)15-9-4-5-10-16(15)22(18)24-20/h1-13H/i1D,2D,3D,7D,8D. The van der Waals surface area contributed by atoms with Crippen molar-refractivity contribution in [3.8, 4) is 11.1 Å². The van der Waals surface area contributed by atoms with Crippen LogP contribution in [0.2, 0.25) is 5.02 Å². The molecule has 0 bridgehead atoms. The molecule has 0 spiro atoms. The molecule has 0 atom stereocenters. The molecular formula is C22H13ClO. The normalized spacial score (nSPS) is 14.5. The van der Waals surface area contributed by atoms with Crippen LogP contribution in [-0.4, -0.2) is 0 Å². The summed E-state index contributed by atoms with van der Waals surface area (Å²) in [7, 11) is 0. The Labute approximate surface area is 151 Å². The van der Waals surface area contributed by atoms with Crippen molar-refractivity contribution in [3.63, 3.8) is 0 Å². The Hall–Kier alpha value is -2.77. The minimum absolute atomic E-state index is 0.163. The zero-order valence-electron chi connectivity index (χ0n) is 17.4. The molecule has 0 saturated heterocycles. The highest BCUT2D eigenvalue weighted by Crippen LogP contribution is 2.41. The van der Waals surface area contributed by atoms with Gasteiger partial charge in [-0.05, 0) is 34.7 Å². The van der Waals surface area contributed by atoms with Crippen LogP contribution in [0.5, 0.6) is 0 Å². The van der Waals surface area contributed by atoms with Crippen LogP contribution in [0.3, 0.4) is 0 Å². The van der Waals surface area contributed by atoms with Crippen LogP contribution in [0, 0.1) is 0 Å². The quantitative estimate of drug-likeness (QED) is 0.320. The molecule has 1 aromatic heterocycles. The zero-order chi connectivity index (χ0) is 20.4. The third-order valence-electron chi connectivity index (χ3n) is 4.22. The lowest BCUT2D eigenvalue weighted by atomic mass is 9.95. The number of hydrogen-bond donors (Lipinski definition) is 0.